The van der Waals surface area contributed by atoms with Crippen molar-refractivity contribution in [3.63, 3.8) is 0 Å². The molecule has 1 N–H and O–H groups in total. The zero-order valence-electron chi connectivity index (χ0n) is 10.8. The van der Waals surface area contributed by atoms with Gasteiger partial charge in [0.25, 0.3) is 0 Å². The molecule has 16 heavy (non-hydrogen) atoms. The summed E-state index contributed by atoms with van der Waals surface area (Å²) in [5.41, 5.74) is 0.408. The van der Waals surface area contributed by atoms with E-state index in [1.165, 1.54) is 19.3 Å². The SMILES string of the molecule is CNCC1(CC2CCC(C)(C)O2)CCOC1. The Morgan fingerprint density at radius 1 is 1.31 bits per heavy atom. The molecular formula is C13H25NO2. The third-order valence-corrected chi connectivity index (χ3v) is 3.95. The van der Waals surface area contributed by atoms with Crippen molar-refractivity contribution >= 4 is 0 Å². The molecule has 2 unspecified atom stereocenters. The average molecular weight is 227 g/mol. The minimum Gasteiger partial charge on any atom is -0.381 e. The Hall–Kier alpha value is -0.120. The van der Waals surface area contributed by atoms with E-state index < -0.39 is 0 Å². The molecule has 0 bridgehead atoms. The van der Waals surface area contributed by atoms with E-state index in [9.17, 15) is 0 Å². The molecule has 3 heteroatoms. The van der Waals surface area contributed by atoms with Crippen molar-refractivity contribution in [1.29, 1.82) is 0 Å². The molecule has 3 nitrogen and oxygen atoms in total. The largest absolute Gasteiger partial charge is 0.381 e. The van der Waals surface area contributed by atoms with Crippen LogP contribution in [0.25, 0.3) is 0 Å². The van der Waals surface area contributed by atoms with Gasteiger partial charge < -0.3 is 14.8 Å². The van der Waals surface area contributed by atoms with Crippen LogP contribution in [0.5, 0.6) is 0 Å². The molecule has 94 valence electrons. The van der Waals surface area contributed by atoms with Crippen LogP contribution in [-0.2, 0) is 9.47 Å². The van der Waals surface area contributed by atoms with E-state index in [0.29, 0.717) is 11.5 Å². The Balaban J connectivity index is 1.91. The maximum absolute atomic E-state index is 6.10. The number of hydrogen-bond acceptors (Lipinski definition) is 3. The molecule has 0 aromatic heterocycles. The minimum atomic E-state index is 0.0883. The van der Waals surface area contributed by atoms with Crippen LogP contribution in [0.2, 0.25) is 0 Å². The van der Waals surface area contributed by atoms with Crippen molar-refractivity contribution in [3.05, 3.63) is 0 Å². The van der Waals surface area contributed by atoms with Gasteiger partial charge in [0.15, 0.2) is 0 Å². The molecule has 0 saturated carbocycles. The van der Waals surface area contributed by atoms with Gasteiger partial charge in [0.2, 0.25) is 0 Å². The molecule has 2 aliphatic rings. The van der Waals surface area contributed by atoms with Crippen molar-refractivity contribution < 1.29 is 9.47 Å². The molecule has 0 spiro atoms. The summed E-state index contributed by atoms with van der Waals surface area (Å²) in [7, 11) is 2.03. The lowest BCUT2D eigenvalue weighted by Crippen LogP contribution is -2.37. The van der Waals surface area contributed by atoms with Gasteiger partial charge in [-0.05, 0) is 46.6 Å². The zero-order chi connectivity index (χ0) is 11.6. The fraction of sp³-hybridized carbons (Fsp3) is 1.00. The summed E-state index contributed by atoms with van der Waals surface area (Å²) in [4.78, 5) is 0. The van der Waals surface area contributed by atoms with Crippen LogP contribution >= 0.6 is 0 Å². The molecule has 2 rings (SSSR count). The van der Waals surface area contributed by atoms with E-state index in [1.807, 2.05) is 7.05 Å². The summed E-state index contributed by atoms with van der Waals surface area (Å²) < 4.78 is 11.7. The van der Waals surface area contributed by atoms with E-state index in [-0.39, 0.29) is 5.60 Å². The summed E-state index contributed by atoms with van der Waals surface area (Å²) >= 11 is 0. The highest BCUT2D eigenvalue weighted by atomic mass is 16.5. The second-order valence-electron chi connectivity index (χ2n) is 6.08. The van der Waals surface area contributed by atoms with Gasteiger partial charge in [-0.2, -0.15) is 0 Å². The third kappa shape index (κ3) is 2.76. The Bertz CT molecular complexity index is 234. The first-order valence-corrected chi connectivity index (χ1v) is 6.45. The van der Waals surface area contributed by atoms with E-state index in [2.05, 4.69) is 19.2 Å². The van der Waals surface area contributed by atoms with Crippen LogP contribution in [0.4, 0.5) is 0 Å². The van der Waals surface area contributed by atoms with E-state index in [4.69, 9.17) is 9.47 Å². The quantitative estimate of drug-likeness (QED) is 0.796. The van der Waals surface area contributed by atoms with Crippen LogP contribution in [0.3, 0.4) is 0 Å². The normalized spacial score (nSPS) is 38.1. The molecule has 2 heterocycles. The zero-order valence-corrected chi connectivity index (χ0v) is 10.8. The van der Waals surface area contributed by atoms with Gasteiger partial charge in [-0.3, -0.25) is 0 Å². The van der Waals surface area contributed by atoms with E-state index in [0.717, 1.165) is 26.2 Å². The van der Waals surface area contributed by atoms with Gasteiger partial charge in [-0.1, -0.05) is 0 Å². The maximum atomic E-state index is 6.10. The molecule has 2 saturated heterocycles. The van der Waals surface area contributed by atoms with Crippen molar-refractivity contribution in [2.75, 3.05) is 26.8 Å². The van der Waals surface area contributed by atoms with Crippen LogP contribution in [0.1, 0.15) is 39.5 Å². The summed E-state index contributed by atoms with van der Waals surface area (Å²) in [6, 6.07) is 0. The lowest BCUT2D eigenvalue weighted by atomic mass is 9.81. The second-order valence-corrected chi connectivity index (χ2v) is 6.08. The highest BCUT2D eigenvalue weighted by molar-refractivity contribution is 4.91. The summed E-state index contributed by atoms with van der Waals surface area (Å²) in [6.07, 6.45) is 5.16. The molecule has 2 aliphatic heterocycles. The standard InChI is InChI=1S/C13H25NO2/c1-12(2)5-4-11(16-12)8-13(9-14-3)6-7-15-10-13/h11,14H,4-10H2,1-3H3. The summed E-state index contributed by atoms with van der Waals surface area (Å²) in [6.45, 7) is 7.25. The first-order valence-electron chi connectivity index (χ1n) is 6.45. The predicted octanol–water partition coefficient (Wildman–Crippen LogP) is 1.96. The van der Waals surface area contributed by atoms with Crippen molar-refractivity contribution in [1.82, 2.24) is 5.32 Å². The Kier molecular flexibility index (Phi) is 3.57. The van der Waals surface area contributed by atoms with E-state index >= 15 is 0 Å². The fourth-order valence-corrected chi connectivity index (χ4v) is 3.10. The van der Waals surface area contributed by atoms with Gasteiger partial charge in [-0.15, -0.1) is 0 Å². The van der Waals surface area contributed by atoms with Gasteiger partial charge in [0, 0.05) is 18.6 Å². The van der Waals surface area contributed by atoms with Crippen molar-refractivity contribution in [2.45, 2.75) is 51.2 Å². The average Bonchev–Trinajstić information content (AvgIpc) is 2.75. The molecule has 0 radical (unpaired) electrons. The first-order chi connectivity index (χ1) is 7.55. The number of rotatable bonds is 4. The van der Waals surface area contributed by atoms with Crippen LogP contribution in [0.15, 0.2) is 0 Å². The van der Waals surface area contributed by atoms with E-state index in [1.54, 1.807) is 0 Å². The fourth-order valence-electron chi connectivity index (χ4n) is 3.10. The van der Waals surface area contributed by atoms with Crippen LogP contribution in [0, 0.1) is 5.41 Å². The van der Waals surface area contributed by atoms with Crippen molar-refractivity contribution in [3.8, 4) is 0 Å². The summed E-state index contributed by atoms with van der Waals surface area (Å²) in [5.74, 6) is 0. The molecule has 2 fully saturated rings. The molecule has 0 aliphatic carbocycles. The number of ether oxygens (including phenoxy) is 2. The first kappa shape index (κ1) is 12.3. The van der Waals surface area contributed by atoms with Crippen LogP contribution < -0.4 is 5.32 Å². The van der Waals surface area contributed by atoms with Gasteiger partial charge in [-0.25, -0.2) is 0 Å². The lowest BCUT2D eigenvalue weighted by Gasteiger charge is -2.30. The van der Waals surface area contributed by atoms with Crippen LogP contribution in [-0.4, -0.2) is 38.5 Å². The van der Waals surface area contributed by atoms with Gasteiger partial charge in [0.1, 0.15) is 0 Å². The summed E-state index contributed by atoms with van der Waals surface area (Å²) in [5, 5.41) is 3.31. The monoisotopic (exact) mass is 227 g/mol. The molecule has 0 amide bonds. The second kappa shape index (κ2) is 4.63. The maximum Gasteiger partial charge on any atom is 0.0631 e. The highest BCUT2D eigenvalue weighted by Gasteiger charge is 2.40. The third-order valence-electron chi connectivity index (χ3n) is 3.95. The topological polar surface area (TPSA) is 30.5 Å². The van der Waals surface area contributed by atoms with Gasteiger partial charge >= 0.3 is 0 Å². The molecule has 0 aromatic carbocycles. The Morgan fingerprint density at radius 3 is 2.62 bits per heavy atom. The Labute approximate surface area is 98.9 Å². The number of nitrogens with one attached hydrogen (secondary N) is 1. The Morgan fingerprint density at radius 2 is 2.12 bits per heavy atom. The number of hydrogen-bond donors (Lipinski definition) is 1. The highest BCUT2D eigenvalue weighted by Crippen LogP contribution is 2.39. The van der Waals surface area contributed by atoms with Gasteiger partial charge in [0.05, 0.1) is 18.3 Å². The minimum absolute atomic E-state index is 0.0883. The molecule has 2 atom stereocenters. The smallest absolute Gasteiger partial charge is 0.0631 e. The lowest BCUT2D eigenvalue weighted by molar-refractivity contribution is -0.0365. The predicted molar refractivity (Wildman–Crippen MR) is 64.6 cm³/mol. The van der Waals surface area contributed by atoms with Crippen molar-refractivity contribution in [2.24, 2.45) is 5.41 Å². The molecular weight excluding hydrogens is 202 g/mol. The molecule has 0 aromatic rings.